The number of amides is 1. The maximum Gasteiger partial charge on any atom is 0.414 e. The van der Waals surface area contributed by atoms with Crippen LogP contribution in [0.1, 0.15) is 6.42 Å². The second kappa shape index (κ2) is 9.28. The van der Waals surface area contributed by atoms with Crippen LogP contribution in [0.3, 0.4) is 0 Å². The summed E-state index contributed by atoms with van der Waals surface area (Å²) in [5.41, 5.74) is 1.58. The molecule has 1 fully saturated rings. The number of pyridine rings is 1. The van der Waals surface area contributed by atoms with Crippen molar-refractivity contribution in [1.29, 1.82) is 0 Å². The number of nitrogens with zero attached hydrogens (tertiary/aromatic N) is 2. The smallest absolute Gasteiger partial charge is 0.414 e. The van der Waals surface area contributed by atoms with Crippen LogP contribution in [-0.2, 0) is 4.74 Å². The zero-order chi connectivity index (χ0) is 22.6. The Hall–Kier alpha value is -3.94. The molecule has 1 saturated heterocycles. The Labute approximate surface area is 191 Å². The summed E-state index contributed by atoms with van der Waals surface area (Å²) in [6.45, 7) is 1.89. The molecule has 1 amide bonds. The number of aromatic nitrogens is 1. The Balaban J connectivity index is 1.16. The molecule has 3 heterocycles. The monoisotopic (exact) mass is 448 g/mol. The topological polar surface area (TPSA) is 79.4 Å². The second-order valence-corrected chi connectivity index (χ2v) is 7.65. The van der Waals surface area contributed by atoms with Crippen molar-refractivity contribution >= 4 is 22.7 Å². The number of cyclic esters (lactones) is 1. The molecular weight excluding hydrogens is 424 g/mol. The number of rotatable bonds is 7. The van der Waals surface area contributed by atoms with Gasteiger partial charge in [-0.1, -0.05) is 12.2 Å². The van der Waals surface area contributed by atoms with E-state index in [4.69, 9.17) is 23.7 Å². The molecule has 0 spiro atoms. The van der Waals surface area contributed by atoms with E-state index in [2.05, 4.69) is 4.98 Å². The summed E-state index contributed by atoms with van der Waals surface area (Å²) in [5, 5.41) is 0.894. The maximum atomic E-state index is 12.4. The summed E-state index contributed by atoms with van der Waals surface area (Å²) in [6.07, 6.45) is 5.62. The fourth-order valence-corrected chi connectivity index (χ4v) is 3.86. The Bertz CT molecular complexity index is 1190. The molecule has 3 aromatic rings. The zero-order valence-electron chi connectivity index (χ0n) is 18.2. The Morgan fingerprint density at radius 1 is 1.09 bits per heavy atom. The van der Waals surface area contributed by atoms with Crippen molar-refractivity contribution in [3.8, 4) is 23.0 Å². The highest BCUT2D eigenvalue weighted by Gasteiger charge is 2.32. The Kier molecular flexibility index (Phi) is 5.89. The number of hydrogen-bond donors (Lipinski definition) is 0. The second-order valence-electron chi connectivity index (χ2n) is 7.65. The number of fused-ring (bicyclic) bond motifs is 2. The quantitative estimate of drug-likeness (QED) is 0.497. The molecule has 0 aliphatic carbocycles. The minimum atomic E-state index is -0.362. The van der Waals surface area contributed by atoms with Crippen molar-refractivity contribution in [2.75, 3.05) is 38.4 Å². The molecule has 0 bridgehead atoms. The lowest BCUT2D eigenvalue weighted by molar-refractivity contribution is 0.142. The highest BCUT2D eigenvalue weighted by atomic mass is 16.6. The summed E-state index contributed by atoms with van der Waals surface area (Å²) < 4.78 is 27.9. The van der Waals surface area contributed by atoms with Crippen LogP contribution >= 0.6 is 0 Å². The van der Waals surface area contributed by atoms with Crippen LogP contribution in [0.15, 0.2) is 60.8 Å². The van der Waals surface area contributed by atoms with E-state index >= 15 is 0 Å². The van der Waals surface area contributed by atoms with Gasteiger partial charge in [-0.15, -0.1) is 0 Å². The Morgan fingerprint density at radius 3 is 2.85 bits per heavy atom. The van der Waals surface area contributed by atoms with Gasteiger partial charge in [0.25, 0.3) is 0 Å². The average molecular weight is 448 g/mol. The standard InChI is InChI=1S/C25H24N2O6/c1-29-18-6-7-21-20(15-18)22(9-10-26-21)30-11-3-2-4-19-16-27(25(28)33-19)17-5-8-23-24(14-17)32-13-12-31-23/h2-3,5-10,14-15,19H,4,11-13,16H2,1H3/t19-/m1/s1. The number of anilines is 1. The van der Waals surface area contributed by atoms with E-state index in [0.29, 0.717) is 44.3 Å². The number of methoxy groups -OCH3 is 1. The van der Waals surface area contributed by atoms with Gasteiger partial charge in [0.15, 0.2) is 11.5 Å². The lowest BCUT2D eigenvalue weighted by atomic mass is 10.2. The fourth-order valence-electron chi connectivity index (χ4n) is 3.86. The molecule has 2 aromatic carbocycles. The molecule has 170 valence electrons. The molecule has 2 aliphatic heterocycles. The van der Waals surface area contributed by atoms with Gasteiger partial charge in [0.2, 0.25) is 0 Å². The third kappa shape index (κ3) is 4.50. The first-order valence-electron chi connectivity index (χ1n) is 10.8. The lowest BCUT2D eigenvalue weighted by Crippen LogP contribution is -2.25. The van der Waals surface area contributed by atoms with Crippen molar-refractivity contribution < 1.29 is 28.5 Å². The van der Waals surface area contributed by atoms with Gasteiger partial charge >= 0.3 is 6.09 Å². The molecule has 1 aromatic heterocycles. The van der Waals surface area contributed by atoms with Crippen LogP contribution in [0.5, 0.6) is 23.0 Å². The van der Waals surface area contributed by atoms with Crippen LogP contribution < -0.4 is 23.8 Å². The van der Waals surface area contributed by atoms with Gasteiger partial charge in [0.1, 0.15) is 37.4 Å². The summed E-state index contributed by atoms with van der Waals surface area (Å²) in [7, 11) is 1.63. The molecular formula is C25H24N2O6. The van der Waals surface area contributed by atoms with E-state index in [9.17, 15) is 4.79 Å². The number of carbonyl (C=O) groups excluding carboxylic acids is 1. The third-order valence-electron chi connectivity index (χ3n) is 5.52. The largest absolute Gasteiger partial charge is 0.497 e. The first kappa shape index (κ1) is 20.9. The highest BCUT2D eigenvalue weighted by Crippen LogP contribution is 2.35. The minimum absolute atomic E-state index is 0.229. The fraction of sp³-hybridized carbons (Fsp3) is 0.280. The molecule has 0 unspecified atom stereocenters. The van der Waals surface area contributed by atoms with Crippen LogP contribution in [0, 0.1) is 0 Å². The first-order chi connectivity index (χ1) is 16.2. The predicted molar refractivity (Wildman–Crippen MR) is 123 cm³/mol. The van der Waals surface area contributed by atoms with Gasteiger partial charge in [0, 0.05) is 24.1 Å². The Morgan fingerprint density at radius 2 is 1.97 bits per heavy atom. The van der Waals surface area contributed by atoms with E-state index in [1.54, 1.807) is 18.2 Å². The number of carbonyl (C=O) groups is 1. The molecule has 8 nitrogen and oxygen atoms in total. The van der Waals surface area contributed by atoms with Gasteiger partial charge in [-0.25, -0.2) is 4.79 Å². The van der Waals surface area contributed by atoms with Crippen molar-refractivity contribution in [1.82, 2.24) is 4.98 Å². The first-order valence-corrected chi connectivity index (χ1v) is 10.8. The third-order valence-corrected chi connectivity index (χ3v) is 5.52. The SMILES string of the molecule is COc1ccc2nccc(OCC=CC[C@@H]3CN(c4ccc5c(c4)OCCO5)C(=O)O3)c2c1. The van der Waals surface area contributed by atoms with E-state index in [-0.39, 0.29) is 12.2 Å². The van der Waals surface area contributed by atoms with Crippen molar-refractivity contribution in [2.45, 2.75) is 12.5 Å². The molecule has 8 heteroatoms. The summed E-state index contributed by atoms with van der Waals surface area (Å²) in [4.78, 5) is 18.3. The van der Waals surface area contributed by atoms with E-state index in [0.717, 1.165) is 28.1 Å². The number of ether oxygens (including phenoxy) is 5. The average Bonchev–Trinajstić information content (AvgIpc) is 3.23. The highest BCUT2D eigenvalue weighted by molar-refractivity contribution is 5.90. The van der Waals surface area contributed by atoms with Crippen molar-refractivity contribution in [3.63, 3.8) is 0 Å². The van der Waals surface area contributed by atoms with Gasteiger partial charge in [0.05, 0.1) is 24.9 Å². The van der Waals surface area contributed by atoms with Crippen molar-refractivity contribution in [2.24, 2.45) is 0 Å². The van der Waals surface area contributed by atoms with Gasteiger partial charge in [-0.05, 0) is 36.4 Å². The molecule has 0 N–H and O–H groups in total. The van der Waals surface area contributed by atoms with Crippen LogP contribution in [0.4, 0.5) is 10.5 Å². The molecule has 1 atom stereocenters. The van der Waals surface area contributed by atoms with Crippen LogP contribution in [0.25, 0.3) is 10.9 Å². The van der Waals surface area contributed by atoms with Gasteiger partial charge < -0.3 is 23.7 Å². The molecule has 0 radical (unpaired) electrons. The maximum absolute atomic E-state index is 12.4. The summed E-state index contributed by atoms with van der Waals surface area (Å²) in [5.74, 6) is 2.83. The molecule has 2 aliphatic rings. The lowest BCUT2D eigenvalue weighted by Gasteiger charge is -2.20. The number of hydrogen-bond acceptors (Lipinski definition) is 7. The summed E-state index contributed by atoms with van der Waals surface area (Å²) >= 11 is 0. The van der Waals surface area contributed by atoms with Gasteiger partial charge in [-0.3, -0.25) is 9.88 Å². The van der Waals surface area contributed by atoms with E-state index < -0.39 is 0 Å². The minimum Gasteiger partial charge on any atom is -0.497 e. The predicted octanol–water partition coefficient (Wildman–Crippen LogP) is 4.37. The van der Waals surface area contributed by atoms with Crippen LogP contribution in [0.2, 0.25) is 0 Å². The summed E-state index contributed by atoms with van der Waals surface area (Å²) in [6, 6.07) is 13.0. The number of benzene rings is 2. The van der Waals surface area contributed by atoms with Crippen molar-refractivity contribution in [3.05, 3.63) is 60.8 Å². The van der Waals surface area contributed by atoms with Crippen LogP contribution in [-0.4, -0.2) is 50.7 Å². The van der Waals surface area contributed by atoms with E-state index in [1.165, 1.54) is 0 Å². The normalized spacial score (nSPS) is 17.4. The molecule has 33 heavy (non-hydrogen) atoms. The molecule has 0 saturated carbocycles. The van der Waals surface area contributed by atoms with Gasteiger partial charge in [-0.2, -0.15) is 0 Å². The molecule has 5 rings (SSSR count). The zero-order valence-corrected chi connectivity index (χ0v) is 18.2. The van der Waals surface area contributed by atoms with E-state index in [1.807, 2.05) is 54.6 Å².